The molecule has 1 amide bonds. The van der Waals surface area contributed by atoms with E-state index in [0.717, 1.165) is 25.4 Å². The van der Waals surface area contributed by atoms with E-state index >= 15 is 0 Å². The lowest BCUT2D eigenvalue weighted by atomic mass is 9.92. The van der Waals surface area contributed by atoms with Gasteiger partial charge in [-0.2, -0.15) is 0 Å². The molecular weight excluding hydrogens is 164 g/mol. The number of hydrogen-bond acceptors (Lipinski definition) is 2. The lowest BCUT2D eigenvalue weighted by Gasteiger charge is -2.22. The number of nitrogens with one attached hydrogen (secondary N) is 2. The molecule has 1 saturated carbocycles. The highest BCUT2D eigenvalue weighted by molar-refractivity contribution is 5.81. The van der Waals surface area contributed by atoms with Gasteiger partial charge in [-0.05, 0) is 44.2 Å². The minimum absolute atomic E-state index is 0.253. The minimum Gasteiger partial charge on any atom is -0.359 e. The summed E-state index contributed by atoms with van der Waals surface area (Å²) in [5, 5.41) is 6.10. The van der Waals surface area contributed by atoms with Gasteiger partial charge in [-0.1, -0.05) is 0 Å². The molecule has 0 aromatic heterocycles. The van der Waals surface area contributed by atoms with Crippen LogP contribution in [0, 0.1) is 17.8 Å². The number of piperidine rings is 1. The third-order valence-electron chi connectivity index (χ3n) is 3.41. The van der Waals surface area contributed by atoms with Gasteiger partial charge >= 0.3 is 0 Å². The molecule has 1 aliphatic carbocycles. The lowest BCUT2D eigenvalue weighted by Crippen LogP contribution is -2.30. The van der Waals surface area contributed by atoms with Crippen LogP contribution in [-0.2, 0) is 4.79 Å². The summed E-state index contributed by atoms with van der Waals surface area (Å²) in [5.74, 6) is 2.10. The normalized spacial score (nSPS) is 34.2. The maximum Gasteiger partial charge on any atom is 0.223 e. The van der Waals surface area contributed by atoms with E-state index in [4.69, 9.17) is 0 Å². The molecule has 1 aliphatic heterocycles. The van der Waals surface area contributed by atoms with Crippen LogP contribution in [0.4, 0.5) is 0 Å². The monoisotopic (exact) mass is 182 g/mol. The molecule has 3 heteroatoms. The van der Waals surface area contributed by atoms with Crippen LogP contribution in [-0.4, -0.2) is 26.0 Å². The third kappa shape index (κ3) is 1.85. The predicted molar refractivity (Wildman–Crippen MR) is 51.3 cm³/mol. The summed E-state index contributed by atoms with van der Waals surface area (Å²) in [6.07, 6.45) is 3.65. The van der Waals surface area contributed by atoms with Gasteiger partial charge in [0.2, 0.25) is 5.91 Å². The third-order valence-corrected chi connectivity index (χ3v) is 3.41. The van der Waals surface area contributed by atoms with Crippen LogP contribution >= 0.6 is 0 Å². The highest BCUT2D eigenvalue weighted by atomic mass is 16.1. The van der Waals surface area contributed by atoms with E-state index in [0.29, 0.717) is 11.8 Å². The molecule has 2 aliphatic rings. The SMILES string of the molecule is CNC(=O)C1CC1C1CCNCC1. The smallest absolute Gasteiger partial charge is 0.223 e. The Balaban J connectivity index is 1.81. The number of rotatable bonds is 2. The van der Waals surface area contributed by atoms with Crippen LogP contribution < -0.4 is 10.6 Å². The first-order valence-corrected chi connectivity index (χ1v) is 5.25. The van der Waals surface area contributed by atoms with Gasteiger partial charge in [0.1, 0.15) is 0 Å². The molecule has 0 spiro atoms. The van der Waals surface area contributed by atoms with Gasteiger partial charge in [0, 0.05) is 13.0 Å². The standard InChI is InChI=1S/C10H18N2O/c1-11-10(13)9-6-8(9)7-2-4-12-5-3-7/h7-9,12H,2-6H2,1H3,(H,11,13). The second-order valence-corrected chi connectivity index (χ2v) is 4.21. The molecule has 13 heavy (non-hydrogen) atoms. The fourth-order valence-corrected chi connectivity index (χ4v) is 2.49. The first-order chi connectivity index (χ1) is 6.33. The molecule has 2 N–H and O–H groups in total. The largest absolute Gasteiger partial charge is 0.359 e. The van der Waals surface area contributed by atoms with E-state index < -0.39 is 0 Å². The van der Waals surface area contributed by atoms with Crippen LogP contribution in [0.1, 0.15) is 19.3 Å². The fourth-order valence-electron chi connectivity index (χ4n) is 2.49. The van der Waals surface area contributed by atoms with Crippen LogP contribution in [0.2, 0.25) is 0 Å². The number of carbonyl (C=O) groups excluding carboxylic acids is 1. The topological polar surface area (TPSA) is 41.1 Å². The van der Waals surface area contributed by atoms with E-state index in [9.17, 15) is 4.79 Å². The van der Waals surface area contributed by atoms with E-state index in [-0.39, 0.29) is 5.91 Å². The number of hydrogen-bond donors (Lipinski definition) is 2. The van der Waals surface area contributed by atoms with Crippen LogP contribution in [0.5, 0.6) is 0 Å². The van der Waals surface area contributed by atoms with Crippen molar-refractivity contribution in [1.29, 1.82) is 0 Å². The second kappa shape index (κ2) is 3.66. The fraction of sp³-hybridized carbons (Fsp3) is 0.900. The summed E-state index contributed by atoms with van der Waals surface area (Å²) in [6, 6.07) is 0. The van der Waals surface area contributed by atoms with E-state index in [1.54, 1.807) is 7.05 Å². The van der Waals surface area contributed by atoms with E-state index in [1.165, 1.54) is 12.8 Å². The molecule has 0 aromatic rings. The van der Waals surface area contributed by atoms with Crippen LogP contribution in [0.15, 0.2) is 0 Å². The van der Waals surface area contributed by atoms with Gasteiger partial charge in [0.25, 0.3) is 0 Å². The first kappa shape index (κ1) is 9.00. The van der Waals surface area contributed by atoms with Crippen molar-refractivity contribution in [3.63, 3.8) is 0 Å². The van der Waals surface area contributed by atoms with Crippen molar-refractivity contribution in [3.8, 4) is 0 Å². The Kier molecular flexibility index (Phi) is 2.54. The average Bonchev–Trinajstić information content (AvgIpc) is 2.98. The zero-order valence-corrected chi connectivity index (χ0v) is 8.18. The molecule has 2 rings (SSSR count). The molecule has 3 nitrogen and oxygen atoms in total. The Bertz CT molecular complexity index is 199. The molecule has 74 valence electrons. The highest BCUT2D eigenvalue weighted by Gasteiger charge is 2.46. The van der Waals surface area contributed by atoms with Crippen molar-refractivity contribution in [2.75, 3.05) is 20.1 Å². The molecule has 0 bridgehead atoms. The Morgan fingerprint density at radius 1 is 1.38 bits per heavy atom. The molecule has 2 fully saturated rings. The van der Waals surface area contributed by atoms with Gasteiger partial charge in [0.15, 0.2) is 0 Å². The maximum absolute atomic E-state index is 11.3. The van der Waals surface area contributed by atoms with Crippen molar-refractivity contribution < 1.29 is 4.79 Å². The Hall–Kier alpha value is -0.570. The van der Waals surface area contributed by atoms with E-state index in [1.807, 2.05) is 0 Å². The zero-order chi connectivity index (χ0) is 9.26. The summed E-state index contributed by atoms with van der Waals surface area (Å²) in [6.45, 7) is 2.28. The van der Waals surface area contributed by atoms with Gasteiger partial charge < -0.3 is 10.6 Å². The first-order valence-electron chi connectivity index (χ1n) is 5.25. The molecule has 0 aromatic carbocycles. The number of amides is 1. The van der Waals surface area contributed by atoms with Gasteiger partial charge in [-0.3, -0.25) is 4.79 Å². The minimum atomic E-state index is 0.253. The Labute approximate surface area is 79.3 Å². The van der Waals surface area contributed by atoms with Crippen LogP contribution in [0.3, 0.4) is 0 Å². The van der Waals surface area contributed by atoms with Gasteiger partial charge in [-0.15, -0.1) is 0 Å². The van der Waals surface area contributed by atoms with Crippen molar-refractivity contribution in [2.45, 2.75) is 19.3 Å². The quantitative estimate of drug-likeness (QED) is 0.648. The average molecular weight is 182 g/mol. The molecule has 0 radical (unpaired) electrons. The summed E-state index contributed by atoms with van der Waals surface area (Å²) >= 11 is 0. The molecular formula is C10H18N2O. The molecule has 1 saturated heterocycles. The highest BCUT2D eigenvalue weighted by Crippen LogP contribution is 2.47. The second-order valence-electron chi connectivity index (χ2n) is 4.21. The predicted octanol–water partition coefficient (Wildman–Crippen LogP) is 0.368. The summed E-state index contributed by atoms with van der Waals surface area (Å²) < 4.78 is 0. The number of carbonyl (C=O) groups is 1. The van der Waals surface area contributed by atoms with Crippen molar-refractivity contribution in [1.82, 2.24) is 10.6 Å². The van der Waals surface area contributed by atoms with Crippen molar-refractivity contribution in [2.24, 2.45) is 17.8 Å². The van der Waals surface area contributed by atoms with Crippen molar-refractivity contribution in [3.05, 3.63) is 0 Å². The molecule has 2 atom stereocenters. The molecule has 2 unspecified atom stereocenters. The summed E-state index contributed by atoms with van der Waals surface area (Å²) in [5.41, 5.74) is 0. The summed E-state index contributed by atoms with van der Waals surface area (Å²) in [7, 11) is 1.74. The van der Waals surface area contributed by atoms with Crippen molar-refractivity contribution >= 4 is 5.91 Å². The maximum atomic E-state index is 11.3. The van der Waals surface area contributed by atoms with Crippen LogP contribution in [0.25, 0.3) is 0 Å². The molecule has 1 heterocycles. The Morgan fingerprint density at radius 3 is 2.69 bits per heavy atom. The Morgan fingerprint density at radius 2 is 2.08 bits per heavy atom. The van der Waals surface area contributed by atoms with Gasteiger partial charge in [0.05, 0.1) is 0 Å². The van der Waals surface area contributed by atoms with Gasteiger partial charge in [-0.25, -0.2) is 0 Å². The van der Waals surface area contributed by atoms with E-state index in [2.05, 4.69) is 10.6 Å². The zero-order valence-electron chi connectivity index (χ0n) is 8.18. The lowest BCUT2D eigenvalue weighted by molar-refractivity contribution is -0.122. The summed E-state index contributed by atoms with van der Waals surface area (Å²) in [4.78, 5) is 11.3.